The van der Waals surface area contributed by atoms with Gasteiger partial charge < -0.3 is 9.15 Å². The van der Waals surface area contributed by atoms with Crippen LogP contribution in [0, 0.1) is 0 Å². The number of hydrogen-bond donors (Lipinski definition) is 0. The fourth-order valence-electron chi connectivity index (χ4n) is 1.92. The Morgan fingerprint density at radius 3 is 3.00 bits per heavy atom. The molecule has 19 heavy (non-hydrogen) atoms. The second-order valence-electron chi connectivity index (χ2n) is 3.98. The maximum absolute atomic E-state index is 11.6. The van der Waals surface area contributed by atoms with Crippen LogP contribution in [0.4, 0.5) is 0 Å². The normalized spacial score (nSPS) is 10.8. The highest BCUT2D eigenvalue weighted by atomic mass is 16.5. The molecule has 0 unspecified atom stereocenters. The van der Waals surface area contributed by atoms with Gasteiger partial charge in [-0.3, -0.25) is 4.40 Å². The summed E-state index contributed by atoms with van der Waals surface area (Å²) >= 11 is 0. The van der Waals surface area contributed by atoms with Crippen molar-refractivity contribution in [2.75, 3.05) is 7.11 Å². The second-order valence-corrected chi connectivity index (χ2v) is 3.98. The highest BCUT2D eigenvalue weighted by Gasteiger charge is 2.15. The van der Waals surface area contributed by atoms with Crippen LogP contribution in [0.25, 0.3) is 5.65 Å². The summed E-state index contributed by atoms with van der Waals surface area (Å²) in [5.41, 5.74) is 0.874. The molecule has 0 atom stereocenters. The Bertz CT molecular complexity index is 716. The summed E-state index contributed by atoms with van der Waals surface area (Å²) in [5.74, 6) is 1.07. The van der Waals surface area contributed by atoms with E-state index in [2.05, 4.69) is 10.2 Å². The van der Waals surface area contributed by atoms with Crippen LogP contribution in [0.5, 0.6) is 0 Å². The summed E-state index contributed by atoms with van der Waals surface area (Å²) in [7, 11) is 1.34. The predicted molar refractivity (Wildman–Crippen MR) is 65.8 cm³/mol. The lowest BCUT2D eigenvalue weighted by Crippen LogP contribution is -2.04. The number of pyridine rings is 1. The van der Waals surface area contributed by atoms with Gasteiger partial charge in [0.15, 0.2) is 5.65 Å². The van der Waals surface area contributed by atoms with E-state index in [1.807, 2.05) is 12.1 Å². The van der Waals surface area contributed by atoms with Gasteiger partial charge >= 0.3 is 5.97 Å². The largest absolute Gasteiger partial charge is 0.469 e. The third kappa shape index (κ3) is 1.97. The van der Waals surface area contributed by atoms with Crippen LogP contribution >= 0.6 is 0 Å². The van der Waals surface area contributed by atoms with Crippen molar-refractivity contribution in [3.63, 3.8) is 0 Å². The molecule has 0 aliphatic carbocycles. The summed E-state index contributed by atoms with van der Waals surface area (Å²) in [5, 5.41) is 8.13. The Morgan fingerprint density at radius 1 is 1.37 bits per heavy atom. The number of methoxy groups -OCH3 is 1. The van der Waals surface area contributed by atoms with Crippen LogP contribution in [0.15, 0.2) is 41.1 Å². The van der Waals surface area contributed by atoms with Crippen molar-refractivity contribution in [2.24, 2.45) is 0 Å². The van der Waals surface area contributed by atoms with E-state index in [1.165, 1.54) is 7.11 Å². The number of aromatic nitrogens is 3. The molecule has 0 saturated carbocycles. The topological polar surface area (TPSA) is 69.6 Å². The van der Waals surface area contributed by atoms with Gasteiger partial charge in [0.05, 0.1) is 19.8 Å². The van der Waals surface area contributed by atoms with E-state index < -0.39 is 5.97 Å². The number of hydrogen-bond acceptors (Lipinski definition) is 5. The first-order chi connectivity index (χ1) is 9.29. The van der Waals surface area contributed by atoms with Gasteiger partial charge in [0, 0.05) is 6.20 Å². The minimum absolute atomic E-state index is 0.392. The lowest BCUT2D eigenvalue weighted by atomic mass is 10.2. The molecule has 0 saturated heterocycles. The van der Waals surface area contributed by atoms with Gasteiger partial charge in [-0.25, -0.2) is 4.79 Å². The molecule has 3 aromatic heterocycles. The summed E-state index contributed by atoms with van der Waals surface area (Å²) in [6.45, 7) is 0. The standard InChI is InChI=1S/C13H11N3O3/c1-18-13(17)10-5-2-6-16-11(14-15-12(10)16)8-9-4-3-7-19-9/h2-7H,8H2,1H3. The fraction of sp³-hybridized carbons (Fsp3) is 0.154. The molecule has 0 aromatic carbocycles. The zero-order valence-electron chi connectivity index (χ0n) is 10.2. The molecular weight excluding hydrogens is 246 g/mol. The van der Waals surface area contributed by atoms with Crippen LogP contribution in [-0.4, -0.2) is 27.7 Å². The monoisotopic (exact) mass is 257 g/mol. The SMILES string of the molecule is COC(=O)c1cccn2c(Cc3ccco3)nnc12. The molecule has 0 radical (unpaired) electrons. The first-order valence-corrected chi connectivity index (χ1v) is 5.73. The van der Waals surface area contributed by atoms with E-state index in [0.29, 0.717) is 23.5 Å². The molecule has 3 rings (SSSR count). The Balaban J connectivity index is 2.06. The van der Waals surface area contributed by atoms with Crippen molar-refractivity contribution in [3.8, 4) is 0 Å². The van der Waals surface area contributed by atoms with Crippen molar-refractivity contribution in [2.45, 2.75) is 6.42 Å². The molecule has 0 N–H and O–H groups in total. The van der Waals surface area contributed by atoms with E-state index >= 15 is 0 Å². The highest BCUT2D eigenvalue weighted by Crippen LogP contribution is 2.14. The Labute approximate surface area is 108 Å². The first-order valence-electron chi connectivity index (χ1n) is 5.73. The summed E-state index contributed by atoms with van der Waals surface area (Å²) < 4.78 is 11.8. The van der Waals surface area contributed by atoms with Gasteiger partial charge in [0.2, 0.25) is 0 Å². The lowest BCUT2D eigenvalue weighted by Gasteiger charge is -2.01. The highest BCUT2D eigenvalue weighted by molar-refractivity contribution is 5.95. The molecular formula is C13H11N3O3. The zero-order chi connectivity index (χ0) is 13.2. The molecule has 96 valence electrons. The average Bonchev–Trinajstić information content (AvgIpc) is 3.08. The number of ether oxygens (including phenoxy) is 1. The van der Waals surface area contributed by atoms with Crippen molar-refractivity contribution >= 4 is 11.6 Å². The molecule has 0 bridgehead atoms. The number of rotatable bonds is 3. The number of fused-ring (bicyclic) bond motifs is 1. The fourth-order valence-corrected chi connectivity index (χ4v) is 1.92. The number of nitrogens with zero attached hydrogens (tertiary/aromatic N) is 3. The number of carbonyl (C=O) groups excluding carboxylic acids is 1. The molecule has 0 aliphatic heterocycles. The van der Waals surface area contributed by atoms with Crippen molar-refractivity contribution in [1.29, 1.82) is 0 Å². The number of furan rings is 1. The van der Waals surface area contributed by atoms with E-state index in [9.17, 15) is 4.79 Å². The molecule has 6 nitrogen and oxygen atoms in total. The van der Waals surface area contributed by atoms with Crippen molar-refractivity contribution in [1.82, 2.24) is 14.6 Å². The quantitative estimate of drug-likeness (QED) is 0.668. The molecule has 0 aliphatic rings. The second kappa shape index (κ2) is 4.56. The Morgan fingerprint density at radius 2 is 2.26 bits per heavy atom. The van der Waals surface area contributed by atoms with E-state index in [0.717, 1.165) is 5.76 Å². The molecule has 0 spiro atoms. The zero-order valence-corrected chi connectivity index (χ0v) is 10.2. The van der Waals surface area contributed by atoms with Gasteiger partial charge in [-0.05, 0) is 24.3 Å². The molecule has 0 amide bonds. The summed E-state index contributed by atoms with van der Waals surface area (Å²) in [6.07, 6.45) is 3.93. The average molecular weight is 257 g/mol. The van der Waals surface area contributed by atoms with E-state index in [-0.39, 0.29) is 0 Å². The molecule has 6 heteroatoms. The minimum atomic E-state index is -0.428. The number of carbonyl (C=O) groups is 1. The van der Waals surface area contributed by atoms with Crippen LogP contribution < -0.4 is 0 Å². The third-order valence-electron chi connectivity index (χ3n) is 2.82. The molecule has 3 aromatic rings. The van der Waals surface area contributed by atoms with Gasteiger partial charge in [-0.15, -0.1) is 10.2 Å². The summed E-state index contributed by atoms with van der Waals surface area (Å²) in [6, 6.07) is 7.10. The lowest BCUT2D eigenvalue weighted by molar-refractivity contribution is 0.0602. The van der Waals surface area contributed by atoms with E-state index in [4.69, 9.17) is 9.15 Å². The molecule has 3 heterocycles. The minimum Gasteiger partial charge on any atom is -0.469 e. The summed E-state index contributed by atoms with van der Waals surface area (Å²) in [4.78, 5) is 11.6. The van der Waals surface area contributed by atoms with Crippen molar-refractivity contribution in [3.05, 3.63) is 53.9 Å². The smallest absolute Gasteiger partial charge is 0.341 e. The molecule has 0 fully saturated rings. The van der Waals surface area contributed by atoms with E-state index in [1.54, 1.807) is 29.0 Å². The third-order valence-corrected chi connectivity index (χ3v) is 2.82. The van der Waals surface area contributed by atoms with Crippen LogP contribution in [0.3, 0.4) is 0 Å². The van der Waals surface area contributed by atoms with Crippen LogP contribution in [0.2, 0.25) is 0 Å². The van der Waals surface area contributed by atoms with Gasteiger partial charge in [-0.2, -0.15) is 0 Å². The van der Waals surface area contributed by atoms with Gasteiger partial charge in [0.25, 0.3) is 0 Å². The van der Waals surface area contributed by atoms with Gasteiger partial charge in [0.1, 0.15) is 17.1 Å². The first kappa shape index (κ1) is 11.5. The maximum Gasteiger partial charge on any atom is 0.341 e. The Hall–Kier alpha value is -2.63. The Kier molecular flexibility index (Phi) is 2.75. The van der Waals surface area contributed by atoms with Crippen LogP contribution in [0.1, 0.15) is 21.9 Å². The predicted octanol–water partition coefficient (Wildman–Crippen LogP) is 1.70. The maximum atomic E-state index is 11.6. The number of esters is 1. The van der Waals surface area contributed by atoms with Crippen LogP contribution in [-0.2, 0) is 11.2 Å². The van der Waals surface area contributed by atoms with Gasteiger partial charge in [-0.1, -0.05) is 0 Å². The van der Waals surface area contributed by atoms with Crippen molar-refractivity contribution < 1.29 is 13.9 Å².